The molecule has 1 fully saturated rings. The number of nitrogens with one attached hydrogen (secondary N) is 2. The van der Waals surface area contributed by atoms with Crippen LogP contribution in [-0.4, -0.2) is 113 Å². The van der Waals surface area contributed by atoms with Crippen LogP contribution in [0.5, 0.6) is 5.88 Å². The van der Waals surface area contributed by atoms with Crippen molar-refractivity contribution < 1.29 is 45.3 Å². The van der Waals surface area contributed by atoms with Gasteiger partial charge < -0.3 is 45.8 Å². The number of aliphatic hydroxyl groups is 7. The number of aromatic amines is 1. The standard InChI is InChI=1S/C28H43N3O9S/c1-16(2)22-19(26(31-30-22)40-27-25(39)24(38)23(37)20(13-33)41-27)12-18-8-6-17(7-9-18)4-3-5-21(36)29-28(14-34,15-35)10-11-32/h6-9,16,20,23-25,27,32-35,37-39H,3-5,10-15H2,1-2H3,(H,29,36)(H,30,31)/t20-,23-,24+,25-,27-/m1/s1. The Kier molecular flexibility index (Phi) is 12.4. The van der Waals surface area contributed by atoms with E-state index in [1.54, 1.807) is 0 Å². The van der Waals surface area contributed by atoms with Gasteiger partial charge in [-0.1, -0.05) is 38.1 Å². The van der Waals surface area contributed by atoms with Crippen molar-refractivity contribution in [1.82, 2.24) is 15.5 Å². The summed E-state index contributed by atoms with van der Waals surface area (Å²) in [5.41, 5.74) is 1.53. The van der Waals surface area contributed by atoms with Crippen LogP contribution in [0.25, 0.3) is 0 Å². The lowest BCUT2D eigenvalue weighted by molar-refractivity contribution is -0.124. The average molecular weight is 598 g/mol. The molecule has 230 valence electrons. The minimum Gasteiger partial charge on any atom is -0.459 e. The lowest BCUT2D eigenvalue weighted by atomic mass is 9.96. The number of hydrogen-bond acceptors (Lipinski definition) is 11. The SMILES string of the molecule is CC(C)c1[nH]nc(O[C@@H]2S[C@H](CO)[C@@H](O)[C@H](O)[C@H]2O)c1Cc1ccc(CCCC(=O)NC(CO)(CO)CCO)cc1. The van der Waals surface area contributed by atoms with E-state index in [0.717, 1.165) is 34.1 Å². The second-order valence-corrected chi connectivity index (χ2v) is 12.2. The zero-order chi connectivity index (χ0) is 30.2. The molecule has 2 heterocycles. The van der Waals surface area contributed by atoms with Crippen LogP contribution in [0.3, 0.4) is 0 Å². The number of rotatable bonds is 15. The number of carbonyl (C=O) groups is 1. The summed E-state index contributed by atoms with van der Waals surface area (Å²) in [4.78, 5) is 12.3. The summed E-state index contributed by atoms with van der Waals surface area (Å²) < 4.78 is 6.02. The number of nitrogens with zero attached hydrogens (tertiary/aromatic N) is 1. The molecular weight excluding hydrogens is 554 g/mol. The van der Waals surface area contributed by atoms with Crippen LogP contribution in [0, 0.1) is 0 Å². The van der Waals surface area contributed by atoms with Crippen molar-refractivity contribution in [2.75, 3.05) is 26.4 Å². The number of H-pyrrole nitrogens is 1. The molecular formula is C28H43N3O9S. The van der Waals surface area contributed by atoms with Gasteiger partial charge in [0.15, 0.2) is 5.44 Å². The molecule has 13 heteroatoms. The molecule has 1 amide bonds. The van der Waals surface area contributed by atoms with Crippen molar-refractivity contribution in [1.29, 1.82) is 0 Å². The van der Waals surface area contributed by atoms with Gasteiger partial charge >= 0.3 is 0 Å². The number of ether oxygens (including phenoxy) is 1. The third-order valence-corrected chi connectivity index (χ3v) is 8.81. The third-order valence-electron chi connectivity index (χ3n) is 7.39. The van der Waals surface area contributed by atoms with Gasteiger partial charge in [-0.3, -0.25) is 9.89 Å². The Labute approximate surface area is 243 Å². The molecule has 1 aromatic carbocycles. The summed E-state index contributed by atoms with van der Waals surface area (Å²) in [5, 5.41) is 77.9. The number of hydrogen-bond donors (Lipinski definition) is 9. The molecule has 0 saturated carbocycles. The summed E-state index contributed by atoms with van der Waals surface area (Å²) in [6.45, 7) is 2.45. The summed E-state index contributed by atoms with van der Waals surface area (Å²) in [6.07, 6.45) is -2.16. The minimum atomic E-state index is -1.46. The Hall–Kier alpha value is -2.23. The molecule has 1 aliphatic rings. The highest BCUT2D eigenvalue weighted by molar-refractivity contribution is 8.00. The molecule has 12 nitrogen and oxygen atoms in total. The van der Waals surface area contributed by atoms with E-state index in [0.29, 0.717) is 19.3 Å². The largest absolute Gasteiger partial charge is 0.459 e. The van der Waals surface area contributed by atoms with Gasteiger partial charge in [0.1, 0.15) is 12.2 Å². The molecule has 3 rings (SSSR count). The van der Waals surface area contributed by atoms with Crippen LogP contribution < -0.4 is 10.1 Å². The molecule has 1 aliphatic heterocycles. The number of carbonyl (C=O) groups excluding carboxylic acids is 1. The number of aliphatic hydroxyl groups excluding tert-OH is 7. The minimum absolute atomic E-state index is 0.0590. The van der Waals surface area contributed by atoms with E-state index in [1.807, 2.05) is 38.1 Å². The Bertz CT molecular complexity index is 1090. The number of amides is 1. The van der Waals surface area contributed by atoms with Gasteiger partial charge in [0.2, 0.25) is 11.8 Å². The van der Waals surface area contributed by atoms with Gasteiger partial charge in [-0.25, -0.2) is 0 Å². The summed E-state index contributed by atoms with van der Waals surface area (Å²) >= 11 is 1.05. The summed E-state index contributed by atoms with van der Waals surface area (Å²) in [6, 6.07) is 7.91. The molecule has 9 N–H and O–H groups in total. The topological polar surface area (TPSA) is 209 Å². The van der Waals surface area contributed by atoms with Crippen molar-refractivity contribution in [2.24, 2.45) is 0 Å². The van der Waals surface area contributed by atoms with Gasteiger partial charge in [-0.15, -0.1) is 16.9 Å². The highest BCUT2D eigenvalue weighted by atomic mass is 32.2. The van der Waals surface area contributed by atoms with Crippen LogP contribution in [-0.2, 0) is 17.6 Å². The second kappa shape index (κ2) is 15.3. The first-order chi connectivity index (χ1) is 19.6. The third kappa shape index (κ3) is 8.42. The van der Waals surface area contributed by atoms with Gasteiger partial charge in [-0.2, -0.15) is 0 Å². The Balaban J connectivity index is 1.63. The monoisotopic (exact) mass is 597 g/mol. The van der Waals surface area contributed by atoms with Crippen molar-refractivity contribution >= 4 is 17.7 Å². The zero-order valence-electron chi connectivity index (χ0n) is 23.4. The van der Waals surface area contributed by atoms with Crippen LogP contribution in [0.15, 0.2) is 24.3 Å². The van der Waals surface area contributed by atoms with Crippen LogP contribution in [0.4, 0.5) is 0 Å². The normalized spacial score (nSPS) is 23.1. The predicted octanol–water partition coefficient (Wildman–Crippen LogP) is -0.436. The van der Waals surface area contributed by atoms with E-state index in [4.69, 9.17) is 9.84 Å². The fraction of sp³-hybridized carbons (Fsp3) is 0.643. The number of aryl methyl sites for hydroxylation is 1. The Morgan fingerprint density at radius 2 is 1.71 bits per heavy atom. The van der Waals surface area contributed by atoms with E-state index < -0.39 is 47.8 Å². The first kappa shape index (κ1) is 33.3. The summed E-state index contributed by atoms with van der Waals surface area (Å²) in [5.74, 6) is 0.0821. The molecule has 0 bridgehead atoms. The predicted molar refractivity (Wildman–Crippen MR) is 153 cm³/mol. The average Bonchev–Trinajstić information content (AvgIpc) is 3.36. The van der Waals surface area contributed by atoms with Gasteiger partial charge in [0, 0.05) is 30.7 Å². The highest BCUT2D eigenvalue weighted by Gasteiger charge is 2.45. The van der Waals surface area contributed by atoms with Gasteiger partial charge in [-0.05, 0) is 36.3 Å². The lowest BCUT2D eigenvalue weighted by Gasteiger charge is -2.38. The number of thioether (sulfide) groups is 1. The van der Waals surface area contributed by atoms with Gasteiger partial charge in [0.05, 0.1) is 36.7 Å². The lowest BCUT2D eigenvalue weighted by Crippen LogP contribution is -2.55. The molecule has 2 aromatic rings. The molecule has 0 unspecified atom stereocenters. The molecule has 1 saturated heterocycles. The van der Waals surface area contributed by atoms with Crippen molar-refractivity contribution in [2.45, 2.75) is 86.4 Å². The maximum Gasteiger partial charge on any atom is 0.237 e. The molecule has 5 atom stereocenters. The van der Waals surface area contributed by atoms with Crippen LogP contribution >= 0.6 is 11.8 Å². The smallest absolute Gasteiger partial charge is 0.237 e. The summed E-state index contributed by atoms with van der Waals surface area (Å²) in [7, 11) is 0. The van der Waals surface area contributed by atoms with Crippen molar-refractivity contribution in [3.63, 3.8) is 0 Å². The van der Waals surface area contributed by atoms with Crippen molar-refractivity contribution in [3.05, 3.63) is 46.6 Å². The Morgan fingerprint density at radius 1 is 1.05 bits per heavy atom. The maximum atomic E-state index is 12.3. The number of benzene rings is 1. The van der Waals surface area contributed by atoms with Crippen molar-refractivity contribution in [3.8, 4) is 5.88 Å². The molecule has 1 aromatic heterocycles. The van der Waals surface area contributed by atoms with E-state index >= 15 is 0 Å². The maximum absolute atomic E-state index is 12.3. The van der Waals surface area contributed by atoms with Gasteiger partial charge in [0.25, 0.3) is 0 Å². The fourth-order valence-electron chi connectivity index (χ4n) is 4.78. The zero-order valence-corrected chi connectivity index (χ0v) is 24.3. The fourth-order valence-corrected chi connectivity index (χ4v) is 6.01. The molecule has 0 spiro atoms. The first-order valence-corrected chi connectivity index (χ1v) is 14.8. The van der Waals surface area contributed by atoms with E-state index in [-0.39, 0.29) is 43.8 Å². The molecule has 0 aliphatic carbocycles. The van der Waals surface area contributed by atoms with E-state index in [2.05, 4.69) is 15.5 Å². The number of aromatic nitrogens is 2. The highest BCUT2D eigenvalue weighted by Crippen LogP contribution is 2.36. The first-order valence-electron chi connectivity index (χ1n) is 13.8. The second-order valence-electron chi connectivity index (χ2n) is 10.9. The van der Waals surface area contributed by atoms with Crippen LogP contribution in [0.2, 0.25) is 0 Å². The molecule has 0 radical (unpaired) electrons. The van der Waals surface area contributed by atoms with Crippen LogP contribution in [0.1, 0.15) is 61.4 Å². The van der Waals surface area contributed by atoms with E-state index in [1.165, 1.54) is 0 Å². The Morgan fingerprint density at radius 3 is 2.29 bits per heavy atom. The van der Waals surface area contributed by atoms with E-state index in [9.17, 15) is 35.4 Å². The molecule has 41 heavy (non-hydrogen) atoms. The quantitative estimate of drug-likeness (QED) is 0.129.